The van der Waals surface area contributed by atoms with Crippen LogP contribution >= 0.6 is 0 Å². The van der Waals surface area contributed by atoms with Crippen molar-refractivity contribution in [2.24, 2.45) is 0 Å². The highest BCUT2D eigenvalue weighted by Crippen LogP contribution is 2.22. The van der Waals surface area contributed by atoms with Crippen LogP contribution in [0.25, 0.3) is 0 Å². The standard InChI is InChI=1S/C13H17N5O/c1-8-11(9(2)17-16-8)13(19)15-10-6-5-7-14-12(10)18(3)4/h5-7H,1-4H3,(H,15,19)(H,16,17). The number of carbonyl (C=O) groups excluding carboxylic acids is 1. The average molecular weight is 259 g/mol. The third-order valence-electron chi connectivity index (χ3n) is 2.81. The Morgan fingerprint density at radius 2 is 2.11 bits per heavy atom. The minimum atomic E-state index is -0.181. The van der Waals surface area contributed by atoms with Gasteiger partial charge in [0.2, 0.25) is 0 Å². The van der Waals surface area contributed by atoms with Gasteiger partial charge in [-0.1, -0.05) is 0 Å². The van der Waals surface area contributed by atoms with E-state index in [1.807, 2.05) is 32.0 Å². The Balaban J connectivity index is 2.30. The van der Waals surface area contributed by atoms with Crippen LogP contribution in [-0.2, 0) is 0 Å². The summed E-state index contributed by atoms with van der Waals surface area (Å²) in [7, 11) is 3.76. The van der Waals surface area contributed by atoms with Crippen molar-refractivity contribution in [3.8, 4) is 0 Å². The first-order chi connectivity index (χ1) is 9.00. The fourth-order valence-corrected chi connectivity index (χ4v) is 1.92. The number of hydrogen-bond donors (Lipinski definition) is 2. The maximum atomic E-state index is 12.3. The summed E-state index contributed by atoms with van der Waals surface area (Å²) in [6.45, 7) is 3.62. The number of amides is 1. The van der Waals surface area contributed by atoms with Gasteiger partial charge in [-0.15, -0.1) is 0 Å². The van der Waals surface area contributed by atoms with E-state index < -0.39 is 0 Å². The van der Waals surface area contributed by atoms with E-state index in [0.717, 1.165) is 11.5 Å². The second-order valence-electron chi connectivity index (χ2n) is 4.53. The first kappa shape index (κ1) is 13.1. The van der Waals surface area contributed by atoms with E-state index in [2.05, 4.69) is 20.5 Å². The van der Waals surface area contributed by atoms with Crippen molar-refractivity contribution < 1.29 is 4.79 Å². The van der Waals surface area contributed by atoms with Crippen LogP contribution in [0.5, 0.6) is 0 Å². The van der Waals surface area contributed by atoms with Crippen LogP contribution in [0.4, 0.5) is 11.5 Å². The van der Waals surface area contributed by atoms with E-state index in [0.29, 0.717) is 16.9 Å². The second-order valence-corrected chi connectivity index (χ2v) is 4.53. The molecule has 6 heteroatoms. The van der Waals surface area contributed by atoms with Gasteiger partial charge in [0.15, 0.2) is 5.82 Å². The fourth-order valence-electron chi connectivity index (χ4n) is 1.92. The highest BCUT2D eigenvalue weighted by Gasteiger charge is 2.17. The van der Waals surface area contributed by atoms with Crippen molar-refractivity contribution in [1.29, 1.82) is 0 Å². The number of rotatable bonds is 3. The summed E-state index contributed by atoms with van der Waals surface area (Å²) in [4.78, 5) is 18.4. The van der Waals surface area contributed by atoms with Crippen LogP contribution < -0.4 is 10.2 Å². The Labute approximate surface area is 111 Å². The Morgan fingerprint density at radius 1 is 1.37 bits per heavy atom. The van der Waals surface area contributed by atoms with E-state index in [9.17, 15) is 4.79 Å². The fraction of sp³-hybridized carbons (Fsp3) is 0.308. The quantitative estimate of drug-likeness (QED) is 0.880. The van der Waals surface area contributed by atoms with Gasteiger partial charge in [-0.25, -0.2) is 4.98 Å². The molecule has 0 bridgehead atoms. The molecule has 0 aromatic carbocycles. The molecule has 0 saturated carbocycles. The predicted molar refractivity (Wildman–Crippen MR) is 74.6 cm³/mol. The number of hydrogen-bond acceptors (Lipinski definition) is 4. The maximum Gasteiger partial charge on any atom is 0.259 e. The number of aryl methyl sites for hydroxylation is 2. The molecule has 2 aromatic heterocycles. The van der Waals surface area contributed by atoms with Crippen LogP contribution in [0.2, 0.25) is 0 Å². The summed E-state index contributed by atoms with van der Waals surface area (Å²) >= 11 is 0. The van der Waals surface area contributed by atoms with E-state index in [1.165, 1.54) is 0 Å². The molecule has 2 rings (SSSR count). The average Bonchev–Trinajstić information content (AvgIpc) is 2.69. The molecule has 0 aliphatic carbocycles. The van der Waals surface area contributed by atoms with Crippen molar-refractivity contribution >= 4 is 17.4 Å². The van der Waals surface area contributed by atoms with Gasteiger partial charge in [-0.3, -0.25) is 9.89 Å². The van der Waals surface area contributed by atoms with Crippen molar-refractivity contribution in [1.82, 2.24) is 15.2 Å². The molecule has 0 aliphatic heterocycles. The van der Waals surface area contributed by atoms with Gasteiger partial charge in [0.1, 0.15) is 0 Å². The van der Waals surface area contributed by atoms with Crippen molar-refractivity contribution in [3.05, 3.63) is 35.3 Å². The van der Waals surface area contributed by atoms with Gasteiger partial charge in [-0.2, -0.15) is 5.10 Å². The molecule has 2 heterocycles. The van der Waals surface area contributed by atoms with Gasteiger partial charge in [-0.05, 0) is 26.0 Å². The van der Waals surface area contributed by atoms with Crippen molar-refractivity contribution in [2.75, 3.05) is 24.3 Å². The van der Waals surface area contributed by atoms with Crippen LogP contribution in [0.1, 0.15) is 21.7 Å². The molecule has 100 valence electrons. The lowest BCUT2D eigenvalue weighted by Crippen LogP contribution is -2.18. The molecule has 0 aliphatic rings. The number of aromatic nitrogens is 3. The lowest BCUT2D eigenvalue weighted by atomic mass is 10.2. The van der Waals surface area contributed by atoms with Crippen LogP contribution in [0.15, 0.2) is 18.3 Å². The second kappa shape index (κ2) is 5.09. The molecule has 6 nitrogen and oxygen atoms in total. The van der Waals surface area contributed by atoms with Crippen molar-refractivity contribution in [2.45, 2.75) is 13.8 Å². The molecular formula is C13H17N5O. The minimum Gasteiger partial charge on any atom is -0.361 e. The summed E-state index contributed by atoms with van der Waals surface area (Å²) < 4.78 is 0. The molecule has 0 spiro atoms. The lowest BCUT2D eigenvalue weighted by Gasteiger charge is -2.16. The topological polar surface area (TPSA) is 73.9 Å². The highest BCUT2D eigenvalue weighted by molar-refractivity contribution is 6.07. The molecule has 0 atom stereocenters. The zero-order valence-corrected chi connectivity index (χ0v) is 11.5. The Kier molecular flexibility index (Phi) is 3.50. The predicted octanol–water partition coefficient (Wildman–Crippen LogP) is 1.74. The Hall–Kier alpha value is -2.37. The highest BCUT2D eigenvalue weighted by atomic mass is 16.1. The van der Waals surface area contributed by atoms with Gasteiger partial charge in [0.25, 0.3) is 5.91 Å². The van der Waals surface area contributed by atoms with Gasteiger partial charge in [0, 0.05) is 26.0 Å². The molecule has 0 unspecified atom stereocenters. The van der Waals surface area contributed by atoms with Crippen LogP contribution in [-0.4, -0.2) is 35.2 Å². The van der Waals surface area contributed by atoms with E-state index >= 15 is 0 Å². The summed E-state index contributed by atoms with van der Waals surface area (Å²) in [6, 6.07) is 3.61. The number of aromatic amines is 1. The smallest absolute Gasteiger partial charge is 0.259 e. The number of H-pyrrole nitrogens is 1. The van der Waals surface area contributed by atoms with E-state index in [4.69, 9.17) is 0 Å². The normalized spacial score (nSPS) is 10.3. The molecule has 0 fully saturated rings. The Morgan fingerprint density at radius 3 is 2.68 bits per heavy atom. The number of carbonyl (C=O) groups is 1. The Bertz CT molecular complexity index is 583. The van der Waals surface area contributed by atoms with Gasteiger partial charge in [0.05, 0.1) is 16.9 Å². The van der Waals surface area contributed by atoms with Crippen LogP contribution in [0, 0.1) is 13.8 Å². The largest absolute Gasteiger partial charge is 0.361 e. The lowest BCUT2D eigenvalue weighted by molar-refractivity contribution is 0.102. The zero-order valence-electron chi connectivity index (χ0n) is 11.5. The summed E-state index contributed by atoms with van der Waals surface area (Å²) in [5.74, 6) is 0.537. The number of nitrogens with one attached hydrogen (secondary N) is 2. The molecule has 0 saturated heterocycles. The van der Waals surface area contributed by atoms with E-state index in [-0.39, 0.29) is 5.91 Å². The minimum absolute atomic E-state index is 0.181. The third kappa shape index (κ3) is 2.57. The maximum absolute atomic E-state index is 12.3. The summed E-state index contributed by atoms with van der Waals surface area (Å²) in [5.41, 5.74) is 2.70. The molecule has 2 N–H and O–H groups in total. The monoisotopic (exact) mass is 259 g/mol. The number of pyridine rings is 1. The van der Waals surface area contributed by atoms with Crippen LogP contribution in [0.3, 0.4) is 0 Å². The zero-order chi connectivity index (χ0) is 14.0. The summed E-state index contributed by atoms with van der Waals surface area (Å²) in [5, 5.41) is 9.70. The first-order valence-electron chi connectivity index (χ1n) is 5.96. The molecule has 2 aromatic rings. The third-order valence-corrected chi connectivity index (χ3v) is 2.81. The molecular weight excluding hydrogens is 242 g/mol. The molecule has 1 amide bonds. The molecule has 0 radical (unpaired) electrons. The molecule has 19 heavy (non-hydrogen) atoms. The first-order valence-corrected chi connectivity index (χ1v) is 5.96. The van der Waals surface area contributed by atoms with Gasteiger partial charge >= 0.3 is 0 Å². The number of nitrogens with zero attached hydrogens (tertiary/aromatic N) is 3. The van der Waals surface area contributed by atoms with Gasteiger partial charge < -0.3 is 10.2 Å². The SMILES string of the molecule is Cc1n[nH]c(C)c1C(=O)Nc1cccnc1N(C)C. The summed E-state index contributed by atoms with van der Waals surface area (Å²) in [6.07, 6.45) is 1.69. The van der Waals surface area contributed by atoms with E-state index in [1.54, 1.807) is 19.2 Å². The number of anilines is 2. The van der Waals surface area contributed by atoms with Crippen molar-refractivity contribution in [3.63, 3.8) is 0 Å².